The maximum Gasteiger partial charge on any atom is 0.329 e. The van der Waals surface area contributed by atoms with E-state index < -0.39 is 11.6 Å². The van der Waals surface area contributed by atoms with Gasteiger partial charge in [0.05, 0.1) is 0 Å². The summed E-state index contributed by atoms with van der Waals surface area (Å²) in [6.07, 6.45) is 4.13. The molecule has 4 heteroatoms. The lowest BCUT2D eigenvalue weighted by molar-refractivity contribution is -0.160. The van der Waals surface area contributed by atoms with Crippen LogP contribution in [-0.2, 0) is 14.3 Å². The van der Waals surface area contributed by atoms with Gasteiger partial charge in [-0.15, -0.1) is 0 Å². The molecule has 2 rings (SSSR count). The van der Waals surface area contributed by atoms with Gasteiger partial charge in [0.25, 0.3) is 0 Å². The van der Waals surface area contributed by atoms with Crippen molar-refractivity contribution in [2.45, 2.75) is 71.9 Å². The normalized spacial score (nSPS) is 30.2. The van der Waals surface area contributed by atoms with Crippen molar-refractivity contribution in [2.24, 2.45) is 23.7 Å². The molecule has 0 aliphatic heterocycles. The fourth-order valence-electron chi connectivity index (χ4n) is 3.23. The third kappa shape index (κ3) is 4.21. The number of carbonyl (C=O) groups excluding carboxylic acids is 2. The van der Waals surface area contributed by atoms with Gasteiger partial charge >= 0.3 is 5.97 Å². The van der Waals surface area contributed by atoms with Gasteiger partial charge in [0.15, 0.2) is 0 Å². The lowest BCUT2D eigenvalue weighted by Gasteiger charge is -2.28. The molecule has 2 saturated carbocycles. The predicted octanol–water partition coefficient (Wildman–Crippen LogP) is 2.91. The second-order valence-electron chi connectivity index (χ2n) is 7.83. The van der Waals surface area contributed by atoms with E-state index in [1.165, 1.54) is 6.42 Å². The lowest BCUT2D eigenvalue weighted by atomic mass is 9.96. The van der Waals surface area contributed by atoms with Gasteiger partial charge in [-0.2, -0.15) is 0 Å². The van der Waals surface area contributed by atoms with Gasteiger partial charge in [-0.1, -0.05) is 20.3 Å². The Morgan fingerprint density at radius 3 is 2.24 bits per heavy atom. The zero-order valence-corrected chi connectivity index (χ0v) is 13.9. The largest absolute Gasteiger partial charge is 0.458 e. The third-order valence-electron chi connectivity index (χ3n) is 4.79. The van der Waals surface area contributed by atoms with Crippen LogP contribution in [-0.4, -0.2) is 23.5 Å². The van der Waals surface area contributed by atoms with Gasteiger partial charge < -0.3 is 10.1 Å². The zero-order chi connectivity index (χ0) is 15.8. The van der Waals surface area contributed by atoms with Crippen molar-refractivity contribution in [1.29, 1.82) is 0 Å². The van der Waals surface area contributed by atoms with Gasteiger partial charge in [-0.05, 0) is 57.8 Å². The highest BCUT2D eigenvalue weighted by molar-refractivity contribution is 5.86. The van der Waals surface area contributed by atoms with Crippen LogP contribution < -0.4 is 5.32 Å². The van der Waals surface area contributed by atoms with Crippen molar-refractivity contribution in [3.63, 3.8) is 0 Å². The molecular formula is C17H29NO3. The summed E-state index contributed by atoms with van der Waals surface area (Å²) in [6, 6.07) is -0.529. The first-order valence-electron chi connectivity index (χ1n) is 8.24. The maximum atomic E-state index is 12.4. The Kier molecular flexibility index (Phi) is 4.64. The van der Waals surface area contributed by atoms with E-state index in [-0.39, 0.29) is 23.7 Å². The number of amides is 1. The average Bonchev–Trinajstić information content (AvgIpc) is 2.99. The number of nitrogens with one attached hydrogen (secondary N) is 1. The summed E-state index contributed by atoms with van der Waals surface area (Å²) >= 11 is 0. The molecule has 4 nitrogen and oxygen atoms in total. The van der Waals surface area contributed by atoms with E-state index >= 15 is 0 Å². The number of esters is 1. The Labute approximate surface area is 128 Å². The molecule has 2 aliphatic carbocycles. The third-order valence-corrected chi connectivity index (χ3v) is 4.79. The highest BCUT2D eigenvalue weighted by atomic mass is 16.6. The molecule has 21 heavy (non-hydrogen) atoms. The fraction of sp³-hybridized carbons (Fsp3) is 0.882. The molecule has 0 aromatic rings. The number of rotatable bonds is 5. The van der Waals surface area contributed by atoms with Gasteiger partial charge in [0.2, 0.25) is 5.91 Å². The van der Waals surface area contributed by atoms with Gasteiger partial charge in [-0.3, -0.25) is 4.79 Å². The van der Waals surface area contributed by atoms with Gasteiger partial charge in [0, 0.05) is 5.92 Å². The topological polar surface area (TPSA) is 55.4 Å². The first kappa shape index (κ1) is 16.3. The summed E-state index contributed by atoms with van der Waals surface area (Å²) in [5, 5.41) is 2.96. The van der Waals surface area contributed by atoms with Crippen LogP contribution >= 0.6 is 0 Å². The summed E-state index contributed by atoms with van der Waals surface area (Å²) in [7, 11) is 0. The molecule has 0 aromatic heterocycles. The molecule has 2 unspecified atom stereocenters. The molecule has 120 valence electrons. The molecule has 2 fully saturated rings. The average molecular weight is 295 g/mol. The summed E-state index contributed by atoms with van der Waals surface area (Å²) < 4.78 is 5.46. The molecule has 0 heterocycles. The summed E-state index contributed by atoms with van der Waals surface area (Å²) in [6.45, 7) is 9.57. The molecule has 1 N–H and O–H groups in total. The Balaban J connectivity index is 1.95. The van der Waals surface area contributed by atoms with Gasteiger partial charge in [0.1, 0.15) is 11.6 Å². The fourth-order valence-corrected chi connectivity index (χ4v) is 3.23. The molecule has 1 amide bonds. The number of hydrogen-bond donors (Lipinski definition) is 1. The SMILES string of the molecule is CC[C@H](C)[C@H](NC(=O)C1CC2CC2C1)C(=O)OC(C)(C)C. The van der Waals surface area contributed by atoms with Crippen LogP contribution in [0.2, 0.25) is 0 Å². The Bertz CT molecular complexity index is 403. The van der Waals surface area contributed by atoms with E-state index in [2.05, 4.69) is 5.32 Å². The molecule has 0 spiro atoms. The van der Waals surface area contributed by atoms with E-state index in [0.29, 0.717) is 0 Å². The van der Waals surface area contributed by atoms with E-state index in [0.717, 1.165) is 31.1 Å². The lowest BCUT2D eigenvalue weighted by Crippen LogP contribution is -2.49. The number of hydrogen-bond acceptors (Lipinski definition) is 3. The second-order valence-corrected chi connectivity index (χ2v) is 7.83. The number of ether oxygens (including phenoxy) is 1. The van der Waals surface area contributed by atoms with Crippen LogP contribution in [0.5, 0.6) is 0 Å². The molecule has 0 saturated heterocycles. The monoisotopic (exact) mass is 295 g/mol. The van der Waals surface area contributed by atoms with Crippen LogP contribution in [0.25, 0.3) is 0 Å². The summed E-state index contributed by atoms with van der Waals surface area (Å²) in [5.74, 6) is 1.45. The minimum atomic E-state index is -0.529. The highest BCUT2D eigenvalue weighted by Gasteiger charge is 2.48. The minimum absolute atomic E-state index is 0.0401. The van der Waals surface area contributed by atoms with E-state index in [4.69, 9.17) is 4.74 Å². The standard InChI is InChI=1S/C17H29NO3/c1-6-10(2)14(16(20)21-17(3,4)5)18-15(19)13-8-11-7-12(11)9-13/h10-14H,6-9H2,1-5H3,(H,18,19)/t10-,11?,12?,13?,14-/m0/s1. The van der Waals surface area contributed by atoms with Crippen LogP contribution in [0.1, 0.15) is 60.3 Å². The Morgan fingerprint density at radius 2 is 1.76 bits per heavy atom. The van der Waals surface area contributed by atoms with Crippen LogP contribution in [0, 0.1) is 23.7 Å². The number of fused-ring (bicyclic) bond motifs is 1. The highest BCUT2D eigenvalue weighted by Crippen LogP contribution is 2.54. The minimum Gasteiger partial charge on any atom is -0.458 e. The van der Waals surface area contributed by atoms with Crippen molar-refractivity contribution in [1.82, 2.24) is 5.32 Å². The quantitative estimate of drug-likeness (QED) is 0.793. The van der Waals surface area contributed by atoms with Crippen molar-refractivity contribution in [2.75, 3.05) is 0 Å². The van der Waals surface area contributed by atoms with E-state index in [1.54, 1.807) is 0 Å². The van der Waals surface area contributed by atoms with E-state index in [1.807, 2.05) is 34.6 Å². The second kappa shape index (κ2) is 5.98. The Morgan fingerprint density at radius 1 is 1.19 bits per heavy atom. The van der Waals surface area contributed by atoms with Crippen molar-refractivity contribution in [3.05, 3.63) is 0 Å². The zero-order valence-electron chi connectivity index (χ0n) is 13.9. The van der Waals surface area contributed by atoms with E-state index in [9.17, 15) is 9.59 Å². The molecule has 0 bridgehead atoms. The van der Waals surface area contributed by atoms with Crippen LogP contribution in [0.4, 0.5) is 0 Å². The number of carbonyl (C=O) groups is 2. The van der Waals surface area contributed by atoms with Crippen LogP contribution in [0.15, 0.2) is 0 Å². The predicted molar refractivity (Wildman–Crippen MR) is 81.6 cm³/mol. The molecule has 2 aliphatic rings. The van der Waals surface area contributed by atoms with Crippen molar-refractivity contribution >= 4 is 11.9 Å². The summed E-state index contributed by atoms with van der Waals surface area (Å²) in [5.41, 5.74) is -0.525. The first-order valence-corrected chi connectivity index (χ1v) is 8.24. The smallest absolute Gasteiger partial charge is 0.329 e. The molecule has 0 aromatic carbocycles. The molecule has 4 atom stereocenters. The van der Waals surface area contributed by atoms with Crippen LogP contribution in [0.3, 0.4) is 0 Å². The summed E-state index contributed by atoms with van der Waals surface area (Å²) in [4.78, 5) is 24.7. The van der Waals surface area contributed by atoms with Gasteiger partial charge in [-0.25, -0.2) is 4.79 Å². The Hall–Kier alpha value is -1.06. The van der Waals surface area contributed by atoms with Crippen molar-refractivity contribution in [3.8, 4) is 0 Å². The van der Waals surface area contributed by atoms with Crippen molar-refractivity contribution < 1.29 is 14.3 Å². The maximum absolute atomic E-state index is 12.4. The molecular weight excluding hydrogens is 266 g/mol. The molecule has 0 radical (unpaired) electrons. The first-order chi connectivity index (χ1) is 9.71.